The quantitative estimate of drug-likeness (QED) is 0.489. The molecule has 0 spiro atoms. The molecular formula is C17H20N6O5S. The van der Waals surface area contributed by atoms with E-state index >= 15 is 0 Å². The molecule has 1 fully saturated rings. The van der Waals surface area contributed by atoms with E-state index in [1.165, 1.54) is 6.33 Å². The summed E-state index contributed by atoms with van der Waals surface area (Å²) in [5.74, 6) is 0.574. The predicted molar refractivity (Wildman–Crippen MR) is 103 cm³/mol. The van der Waals surface area contributed by atoms with Crippen molar-refractivity contribution in [2.75, 3.05) is 11.9 Å². The van der Waals surface area contributed by atoms with Gasteiger partial charge >= 0.3 is 10.3 Å². The number of anilines is 1. The number of aromatic nitrogens is 4. The number of rotatable bonds is 7. The van der Waals surface area contributed by atoms with Gasteiger partial charge in [0, 0.05) is 13.0 Å². The smallest absolute Gasteiger partial charge is 0.333 e. The lowest BCUT2D eigenvalue weighted by Gasteiger charge is -2.15. The van der Waals surface area contributed by atoms with Crippen molar-refractivity contribution >= 4 is 27.3 Å². The zero-order valence-electron chi connectivity index (χ0n) is 15.2. The molecule has 0 unspecified atom stereocenters. The van der Waals surface area contributed by atoms with Crippen molar-refractivity contribution < 1.29 is 22.4 Å². The lowest BCUT2D eigenvalue weighted by atomic mass is 10.2. The average molecular weight is 420 g/mol. The Kier molecular flexibility index (Phi) is 5.43. The van der Waals surface area contributed by atoms with Gasteiger partial charge in [-0.3, -0.25) is 8.75 Å². The molecule has 11 nitrogen and oxygen atoms in total. The van der Waals surface area contributed by atoms with Gasteiger partial charge in [-0.25, -0.2) is 20.1 Å². The highest BCUT2D eigenvalue weighted by Crippen LogP contribution is 2.32. The predicted octanol–water partition coefficient (Wildman–Crippen LogP) is 0.307. The molecule has 2 aromatic heterocycles. The van der Waals surface area contributed by atoms with Gasteiger partial charge in [0.05, 0.1) is 19.0 Å². The summed E-state index contributed by atoms with van der Waals surface area (Å²) in [6.45, 7) is 0.202. The van der Waals surface area contributed by atoms with E-state index in [1.54, 1.807) is 10.9 Å². The van der Waals surface area contributed by atoms with Crippen molar-refractivity contribution in [1.82, 2.24) is 19.5 Å². The van der Waals surface area contributed by atoms with Gasteiger partial charge in [0.1, 0.15) is 18.7 Å². The van der Waals surface area contributed by atoms with Crippen LogP contribution in [0.2, 0.25) is 0 Å². The lowest BCUT2D eigenvalue weighted by Crippen LogP contribution is -2.30. The van der Waals surface area contributed by atoms with Crippen LogP contribution >= 0.6 is 0 Å². The monoisotopic (exact) mass is 420 g/mol. The minimum absolute atomic E-state index is 0.223. The number of fused-ring (bicyclic) bond motifs is 1. The summed E-state index contributed by atoms with van der Waals surface area (Å²) in [5, 5.41) is 18.2. The van der Waals surface area contributed by atoms with Gasteiger partial charge in [-0.1, -0.05) is 30.3 Å². The number of nitrogens with two attached hydrogens (primary N) is 1. The Morgan fingerprint density at radius 3 is 2.83 bits per heavy atom. The Morgan fingerprint density at radius 1 is 1.28 bits per heavy atom. The van der Waals surface area contributed by atoms with Gasteiger partial charge in [-0.15, -0.1) is 0 Å². The van der Waals surface area contributed by atoms with Crippen molar-refractivity contribution in [3.8, 4) is 0 Å². The molecule has 0 bridgehead atoms. The number of aliphatic hydroxyl groups excluding tert-OH is 1. The van der Waals surface area contributed by atoms with E-state index in [2.05, 4.69) is 24.5 Å². The molecule has 12 heteroatoms. The van der Waals surface area contributed by atoms with Crippen LogP contribution in [0.1, 0.15) is 18.2 Å². The fourth-order valence-electron chi connectivity index (χ4n) is 3.17. The molecule has 3 aromatic rings. The number of benzene rings is 1. The lowest BCUT2D eigenvalue weighted by molar-refractivity contribution is -0.0371. The number of nitrogens with zero attached hydrogens (tertiary/aromatic N) is 4. The van der Waals surface area contributed by atoms with Gasteiger partial charge in [0.25, 0.3) is 0 Å². The van der Waals surface area contributed by atoms with Crippen LogP contribution in [0.15, 0.2) is 43.0 Å². The van der Waals surface area contributed by atoms with E-state index in [-0.39, 0.29) is 13.0 Å². The van der Waals surface area contributed by atoms with E-state index in [9.17, 15) is 13.5 Å². The number of nitrogens with one attached hydrogen (secondary N) is 1. The maximum absolute atomic E-state index is 11.0. The van der Waals surface area contributed by atoms with Crippen molar-refractivity contribution in [3.63, 3.8) is 0 Å². The molecule has 154 valence electrons. The van der Waals surface area contributed by atoms with E-state index in [1.807, 2.05) is 30.3 Å². The average Bonchev–Trinajstić information content (AvgIpc) is 3.28. The van der Waals surface area contributed by atoms with E-state index < -0.39 is 28.7 Å². The van der Waals surface area contributed by atoms with Crippen molar-refractivity contribution in [3.05, 3.63) is 48.5 Å². The summed E-state index contributed by atoms with van der Waals surface area (Å²) in [6.07, 6.45) is 0.848. The standard InChI is InChI=1S/C17H20N6O5S/c18-29(25,26)27-8-13-12(24)6-14(28-13)23-10-22-15-16(20-9-21-17(15)23)19-7-11-4-2-1-3-5-11/h1-5,9-10,12-14,24H,6-8H2,(H2,18,25,26)(H,19,20,21)/t12-,13+,14+/m0/s1. The molecular weight excluding hydrogens is 400 g/mol. The second-order valence-corrected chi connectivity index (χ2v) is 7.82. The molecule has 1 aliphatic heterocycles. The summed E-state index contributed by atoms with van der Waals surface area (Å²) in [4.78, 5) is 12.9. The normalized spacial score (nSPS) is 22.2. The van der Waals surface area contributed by atoms with E-state index in [0.29, 0.717) is 23.5 Å². The van der Waals surface area contributed by atoms with Crippen LogP contribution < -0.4 is 10.5 Å². The number of hydrogen-bond donors (Lipinski definition) is 3. The zero-order valence-corrected chi connectivity index (χ0v) is 16.1. The maximum atomic E-state index is 11.0. The molecule has 1 saturated heterocycles. The van der Waals surface area contributed by atoms with Crippen LogP contribution in [0.5, 0.6) is 0 Å². The summed E-state index contributed by atoms with van der Waals surface area (Å²) < 4.78 is 33.9. The number of ether oxygens (including phenoxy) is 1. The zero-order chi connectivity index (χ0) is 20.4. The fraction of sp³-hybridized carbons (Fsp3) is 0.353. The summed E-state index contributed by atoms with van der Waals surface area (Å²) in [6, 6.07) is 9.87. The number of hydrogen-bond acceptors (Lipinski definition) is 9. The Morgan fingerprint density at radius 2 is 2.07 bits per heavy atom. The van der Waals surface area contributed by atoms with Gasteiger partial charge < -0.3 is 15.2 Å². The van der Waals surface area contributed by atoms with Gasteiger partial charge in [0.2, 0.25) is 0 Å². The summed E-state index contributed by atoms with van der Waals surface area (Å²) in [7, 11) is -4.11. The second kappa shape index (κ2) is 8.00. The highest BCUT2D eigenvalue weighted by atomic mass is 32.2. The molecule has 0 saturated carbocycles. The molecule has 3 heterocycles. The SMILES string of the molecule is NS(=O)(=O)OC[C@H]1O[C@@H](n2cnc3c(NCc4ccccc4)ncnc32)C[C@@H]1O. The van der Waals surface area contributed by atoms with Gasteiger partial charge in [-0.05, 0) is 5.56 Å². The highest BCUT2D eigenvalue weighted by molar-refractivity contribution is 7.84. The first kappa shape index (κ1) is 19.7. The first-order valence-electron chi connectivity index (χ1n) is 8.87. The molecule has 1 aromatic carbocycles. The molecule has 0 aliphatic carbocycles. The second-order valence-electron chi connectivity index (χ2n) is 6.60. The van der Waals surface area contributed by atoms with Crippen molar-refractivity contribution in [2.45, 2.75) is 31.4 Å². The molecule has 0 radical (unpaired) electrons. The first-order chi connectivity index (χ1) is 13.9. The third-order valence-corrected chi connectivity index (χ3v) is 5.04. The number of aliphatic hydroxyl groups is 1. The minimum Gasteiger partial charge on any atom is -0.390 e. The molecule has 4 rings (SSSR count). The van der Waals surface area contributed by atoms with E-state index in [4.69, 9.17) is 9.88 Å². The fourth-order valence-corrected chi connectivity index (χ4v) is 3.50. The van der Waals surface area contributed by atoms with Crippen molar-refractivity contribution in [2.24, 2.45) is 5.14 Å². The summed E-state index contributed by atoms with van der Waals surface area (Å²) >= 11 is 0. The van der Waals surface area contributed by atoms with Crippen LogP contribution in [0.3, 0.4) is 0 Å². The van der Waals surface area contributed by atoms with Crippen molar-refractivity contribution in [1.29, 1.82) is 0 Å². The van der Waals surface area contributed by atoms with Gasteiger partial charge in [0.15, 0.2) is 17.0 Å². The maximum Gasteiger partial charge on any atom is 0.333 e. The Balaban J connectivity index is 1.50. The number of imidazole rings is 1. The van der Waals surface area contributed by atoms with E-state index in [0.717, 1.165) is 5.56 Å². The Hall–Kier alpha value is -2.64. The molecule has 0 amide bonds. The minimum atomic E-state index is -4.11. The summed E-state index contributed by atoms with van der Waals surface area (Å²) in [5.41, 5.74) is 2.19. The highest BCUT2D eigenvalue weighted by Gasteiger charge is 2.36. The molecule has 29 heavy (non-hydrogen) atoms. The van der Waals surface area contributed by atoms with Crippen LogP contribution in [0.25, 0.3) is 11.2 Å². The van der Waals surface area contributed by atoms with Crippen LogP contribution in [-0.2, 0) is 25.8 Å². The third kappa shape index (κ3) is 4.52. The van der Waals surface area contributed by atoms with Crippen LogP contribution in [0.4, 0.5) is 5.82 Å². The largest absolute Gasteiger partial charge is 0.390 e. The third-order valence-electron chi connectivity index (χ3n) is 4.57. The Bertz CT molecular complexity index is 1090. The molecule has 4 N–H and O–H groups in total. The molecule has 3 atom stereocenters. The Labute approximate surface area is 166 Å². The first-order valence-corrected chi connectivity index (χ1v) is 10.3. The topological polar surface area (TPSA) is 154 Å². The van der Waals surface area contributed by atoms with Crippen LogP contribution in [-0.4, -0.2) is 51.9 Å². The van der Waals surface area contributed by atoms with Crippen LogP contribution in [0, 0.1) is 0 Å². The van der Waals surface area contributed by atoms with Gasteiger partial charge in [-0.2, -0.15) is 8.42 Å². The molecule has 1 aliphatic rings.